The highest BCUT2D eigenvalue weighted by atomic mass is 32.2. The molecule has 2 N–H and O–H groups in total. The predicted molar refractivity (Wildman–Crippen MR) is 182 cm³/mol. The Labute approximate surface area is 269 Å². The standard InChI is InChI=1S/C36H48N4O4S/c1-36(2,3)30-10-13-32(14-11-30)45(42,43)38-31-12-15-34(40-20-16-29(17-21-40)26-28-8-5-4-6-9-28)33(27-31)35(41)37-18-7-19-39-22-24-44-25-23-39/h4-6,8-15,27,29,38H,7,16-26H2,1-3H3,(H,37,41). The normalized spacial score (nSPS) is 16.8. The maximum atomic E-state index is 13.6. The number of nitrogens with zero attached hydrogens (tertiary/aromatic N) is 2. The van der Waals surface area contributed by atoms with Crippen LogP contribution in [0.2, 0.25) is 0 Å². The number of anilines is 2. The van der Waals surface area contributed by atoms with Crippen LogP contribution in [0.3, 0.4) is 0 Å². The van der Waals surface area contributed by atoms with E-state index in [1.54, 1.807) is 24.3 Å². The van der Waals surface area contributed by atoms with E-state index in [1.165, 1.54) is 5.56 Å². The van der Waals surface area contributed by atoms with Crippen molar-refractivity contribution < 1.29 is 17.9 Å². The fourth-order valence-electron chi connectivity index (χ4n) is 6.16. The molecule has 3 aromatic carbocycles. The lowest BCUT2D eigenvalue weighted by molar-refractivity contribution is 0.0374. The average Bonchev–Trinajstić information content (AvgIpc) is 3.04. The molecular weight excluding hydrogens is 584 g/mol. The molecular formula is C36H48N4O4S. The van der Waals surface area contributed by atoms with Gasteiger partial charge in [0.2, 0.25) is 0 Å². The highest BCUT2D eigenvalue weighted by Crippen LogP contribution is 2.31. The lowest BCUT2D eigenvalue weighted by Gasteiger charge is -2.35. The van der Waals surface area contributed by atoms with Crippen LogP contribution in [0.5, 0.6) is 0 Å². The Bertz CT molecular complexity index is 1510. The lowest BCUT2D eigenvalue weighted by atomic mass is 9.87. The summed E-state index contributed by atoms with van der Waals surface area (Å²) in [4.78, 5) is 18.4. The third-order valence-corrected chi connectivity index (χ3v) is 10.3. The quantitative estimate of drug-likeness (QED) is 0.264. The summed E-state index contributed by atoms with van der Waals surface area (Å²) in [7, 11) is -3.84. The molecule has 0 aromatic heterocycles. The van der Waals surface area contributed by atoms with E-state index in [4.69, 9.17) is 4.74 Å². The van der Waals surface area contributed by atoms with Gasteiger partial charge in [0.1, 0.15) is 0 Å². The summed E-state index contributed by atoms with van der Waals surface area (Å²) in [5.41, 5.74) is 4.05. The first-order valence-electron chi connectivity index (χ1n) is 16.2. The van der Waals surface area contributed by atoms with Gasteiger partial charge in [0, 0.05) is 44.1 Å². The number of benzene rings is 3. The summed E-state index contributed by atoms with van der Waals surface area (Å²) >= 11 is 0. The minimum Gasteiger partial charge on any atom is -0.379 e. The molecule has 242 valence electrons. The number of morpholine rings is 1. The number of amides is 1. The molecule has 0 spiro atoms. The van der Waals surface area contributed by atoms with Crippen LogP contribution in [0, 0.1) is 5.92 Å². The highest BCUT2D eigenvalue weighted by Gasteiger charge is 2.25. The van der Waals surface area contributed by atoms with Crippen LogP contribution in [0.4, 0.5) is 11.4 Å². The lowest BCUT2D eigenvalue weighted by Crippen LogP contribution is -2.38. The molecule has 0 unspecified atom stereocenters. The van der Waals surface area contributed by atoms with Crippen LogP contribution in [0.15, 0.2) is 77.7 Å². The molecule has 5 rings (SSSR count). The van der Waals surface area contributed by atoms with Gasteiger partial charge < -0.3 is 15.0 Å². The smallest absolute Gasteiger partial charge is 0.261 e. The molecule has 0 radical (unpaired) electrons. The summed E-state index contributed by atoms with van der Waals surface area (Å²) in [5, 5.41) is 3.10. The first-order chi connectivity index (χ1) is 21.6. The molecule has 0 bridgehead atoms. The minimum absolute atomic E-state index is 0.0774. The molecule has 2 aliphatic rings. The van der Waals surface area contributed by atoms with Crippen molar-refractivity contribution in [3.8, 4) is 0 Å². The molecule has 3 aromatic rings. The molecule has 0 aliphatic carbocycles. The van der Waals surface area contributed by atoms with Crippen LogP contribution in [0.1, 0.15) is 61.5 Å². The Morgan fingerprint density at radius 1 is 0.911 bits per heavy atom. The second kappa shape index (κ2) is 14.8. The van der Waals surface area contributed by atoms with E-state index < -0.39 is 10.0 Å². The maximum absolute atomic E-state index is 13.6. The van der Waals surface area contributed by atoms with Crippen molar-refractivity contribution in [2.24, 2.45) is 5.92 Å². The molecule has 2 saturated heterocycles. The molecule has 2 heterocycles. The van der Waals surface area contributed by atoms with Gasteiger partial charge in [-0.25, -0.2) is 8.42 Å². The van der Waals surface area contributed by atoms with Crippen molar-refractivity contribution in [3.05, 3.63) is 89.5 Å². The third-order valence-electron chi connectivity index (χ3n) is 8.89. The van der Waals surface area contributed by atoms with E-state index in [2.05, 4.69) is 64.9 Å². The van der Waals surface area contributed by atoms with E-state index >= 15 is 0 Å². The largest absolute Gasteiger partial charge is 0.379 e. The van der Waals surface area contributed by atoms with E-state index in [9.17, 15) is 13.2 Å². The monoisotopic (exact) mass is 632 g/mol. The van der Waals surface area contributed by atoms with Gasteiger partial charge in [-0.1, -0.05) is 63.2 Å². The SMILES string of the molecule is CC(C)(C)c1ccc(S(=O)(=O)Nc2ccc(N3CCC(Cc4ccccc4)CC3)c(C(=O)NCCCN3CCOCC3)c2)cc1. The molecule has 2 aliphatic heterocycles. The Kier molecular flexibility index (Phi) is 10.8. The van der Waals surface area contributed by atoms with Gasteiger partial charge in [0.05, 0.1) is 23.7 Å². The zero-order valence-electron chi connectivity index (χ0n) is 26.9. The number of hydrogen-bond acceptors (Lipinski definition) is 6. The fraction of sp³-hybridized carbons (Fsp3) is 0.472. The molecule has 45 heavy (non-hydrogen) atoms. The number of carbonyl (C=O) groups is 1. The van der Waals surface area contributed by atoms with Crippen LogP contribution in [-0.2, 0) is 26.6 Å². The summed E-state index contributed by atoms with van der Waals surface area (Å²) in [6.45, 7) is 12.8. The van der Waals surface area contributed by atoms with Gasteiger partial charge in [-0.15, -0.1) is 0 Å². The van der Waals surface area contributed by atoms with Gasteiger partial charge in [0.25, 0.3) is 15.9 Å². The van der Waals surface area contributed by atoms with Crippen molar-refractivity contribution in [3.63, 3.8) is 0 Å². The van der Waals surface area contributed by atoms with Crippen molar-refractivity contribution in [2.45, 2.75) is 56.8 Å². The van der Waals surface area contributed by atoms with Crippen molar-refractivity contribution in [2.75, 3.05) is 62.1 Å². The first-order valence-corrected chi connectivity index (χ1v) is 17.7. The number of rotatable bonds is 11. The van der Waals surface area contributed by atoms with Crippen molar-refractivity contribution in [1.82, 2.24) is 10.2 Å². The Hall–Kier alpha value is -3.40. The zero-order chi connectivity index (χ0) is 31.9. The van der Waals surface area contributed by atoms with Gasteiger partial charge in [-0.2, -0.15) is 0 Å². The number of sulfonamides is 1. The predicted octanol–water partition coefficient (Wildman–Crippen LogP) is 5.70. The highest BCUT2D eigenvalue weighted by molar-refractivity contribution is 7.92. The van der Waals surface area contributed by atoms with E-state index in [0.29, 0.717) is 23.7 Å². The molecule has 0 saturated carbocycles. The van der Waals surface area contributed by atoms with E-state index in [1.807, 2.05) is 24.3 Å². The summed E-state index contributed by atoms with van der Waals surface area (Å²) < 4.78 is 34.8. The van der Waals surface area contributed by atoms with Gasteiger partial charge >= 0.3 is 0 Å². The van der Waals surface area contributed by atoms with E-state index in [-0.39, 0.29) is 16.2 Å². The Morgan fingerprint density at radius 2 is 1.60 bits per heavy atom. The van der Waals surface area contributed by atoms with Crippen molar-refractivity contribution >= 4 is 27.3 Å². The topological polar surface area (TPSA) is 91.0 Å². The molecule has 2 fully saturated rings. The zero-order valence-corrected chi connectivity index (χ0v) is 27.7. The maximum Gasteiger partial charge on any atom is 0.261 e. The number of carbonyl (C=O) groups excluding carboxylic acids is 1. The minimum atomic E-state index is -3.84. The molecule has 8 nitrogen and oxygen atoms in total. The van der Waals surface area contributed by atoms with Crippen LogP contribution >= 0.6 is 0 Å². The summed E-state index contributed by atoms with van der Waals surface area (Å²) in [6, 6.07) is 22.9. The second-order valence-corrected chi connectivity index (χ2v) is 15.0. The number of piperidine rings is 1. The van der Waals surface area contributed by atoms with Gasteiger partial charge in [0.15, 0.2) is 0 Å². The average molecular weight is 633 g/mol. The first kappa shape index (κ1) is 33.0. The van der Waals surface area contributed by atoms with Crippen LogP contribution < -0.4 is 14.9 Å². The third kappa shape index (κ3) is 9.08. The van der Waals surface area contributed by atoms with E-state index in [0.717, 1.165) is 82.9 Å². The second-order valence-electron chi connectivity index (χ2n) is 13.3. The Morgan fingerprint density at radius 3 is 2.27 bits per heavy atom. The number of ether oxygens (including phenoxy) is 1. The number of hydrogen-bond donors (Lipinski definition) is 2. The van der Waals surface area contributed by atoms with Gasteiger partial charge in [-0.05, 0) is 85.0 Å². The summed E-state index contributed by atoms with van der Waals surface area (Å²) in [6.07, 6.45) is 3.97. The molecule has 9 heteroatoms. The van der Waals surface area contributed by atoms with Crippen LogP contribution in [0.25, 0.3) is 0 Å². The van der Waals surface area contributed by atoms with Crippen molar-refractivity contribution in [1.29, 1.82) is 0 Å². The fourth-order valence-corrected chi connectivity index (χ4v) is 7.20. The van der Waals surface area contributed by atoms with Crippen LogP contribution in [-0.4, -0.2) is 71.7 Å². The summed E-state index contributed by atoms with van der Waals surface area (Å²) in [5.74, 6) is 0.408. The number of nitrogens with one attached hydrogen (secondary N) is 2. The molecule has 1 amide bonds. The Balaban J connectivity index is 1.30. The molecule has 0 atom stereocenters. The van der Waals surface area contributed by atoms with Gasteiger partial charge in [-0.3, -0.25) is 14.4 Å².